The molecule has 0 spiro atoms. The monoisotopic (exact) mass is 376 g/mol. The van der Waals surface area contributed by atoms with Crippen LogP contribution in [0.25, 0.3) is 0 Å². The second-order valence-electron chi connectivity index (χ2n) is 5.71. The van der Waals surface area contributed by atoms with Crippen LogP contribution in [0.2, 0.25) is 0 Å². The number of aryl methyl sites for hydroxylation is 1. The first-order valence-electron chi connectivity index (χ1n) is 8.23. The van der Waals surface area contributed by atoms with E-state index in [1.807, 2.05) is 18.2 Å². The van der Waals surface area contributed by atoms with Crippen LogP contribution < -0.4 is 11.0 Å². The number of hydrogen-bond donors (Lipinski definition) is 3. The van der Waals surface area contributed by atoms with Crippen LogP contribution in [0.4, 0.5) is 11.6 Å². The summed E-state index contributed by atoms with van der Waals surface area (Å²) in [6.07, 6.45) is 0. The first kappa shape index (κ1) is 18.6. The Bertz CT molecular complexity index is 1090. The standard InChI is InChI=1S/C19H16N6O3/c1-12-11-16(26)21-19(20-12)25-24-17(13-5-3-2-4-6-13)23-22-15-9-7-14(8-10-15)18(27)28/h2-11,22H,1H3,(H,27,28)(H,20,21,26)/b23-17+,25-24?. The number of amidine groups is 1. The van der Waals surface area contributed by atoms with Crippen molar-refractivity contribution in [3.05, 3.63) is 87.8 Å². The van der Waals surface area contributed by atoms with Gasteiger partial charge < -0.3 is 5.11 Å². The van der Waals surface area contributed by atoms with E-state index in [0.717, 1.165) is 0 Å². The first-order chi connectivity index (χ1) is 13.5. The number of nitrogens with one attached hydrogen (secondary N) is 2. The molecule has 0 saturated carbocycles. The Morgan fingerprint density at radius 1 is 1.07 bits per heavy atom. The highest BCUT2D eigenvalue weighted by atomic mass is 16.4. The van der Waals surface area contributed by atoms with E-state index in [1.54, 1.807) is 31.2 Å². The Morgan fingerprint density at radius 3 is 2.43 bits per heavy atom. The zero-order valence-corrected chi connectivity index (χ0v) is 14.8. The van der Waals surface area contributed by atoms with Gasteiger partial charge in [-0.05, 0) is 31.2 Å². The van der Waals surface area contributed by atoms with Crippen molar-refractivity contribution >= 4 is 23.4 Å². The smallest absolute Gasteiger partial charge is 0.335 e. The summed E-state index contributed by atoms with van der Waals surface area (Å²) in [5.41, 5.74) is 4.46. The van der Waals surface area contributed by atoms with Gasteiger partial charge in [0, 0.05) is 17.3 Å². The highest BCUT2D eigenvalue weighted by Gasteiger charge is 2.05. The van der Waals surface area contributed by atoms with Crippen molar-refractivity contribution in [1.82, 2.24) is 9.97 Å². The van der Waals surface area contributed by atoms with Crippen molar-refractivity contribution in [2.24, 2.45) is 15.3 Å². The van der Waals surface area contributed by atoms with Crippen LogP contribution in [0, 0.1) is 6.92 Å². The highest BCUT2D eigenvalue weighted by Crippen LogP contribution is 2.12. The number of carbonyl (C=O) groups is 1. The third-order valence-corrected chi connectivity index (χ3v) is 3.55. The topological polar surface area (TPSA) is 132 Å². The van der Waals surface area contributed by atoms with E-state index < -0.39 is 5.97 Å². The van der Waals surface area contributed by atoms with Gasteiger partial charge in [0.25, 0.3) is 5.56 Å². The van der Waals surface area contributed by atoms with Crippen LogP contribution in [0.15, 0.2) is 80.8 Å². The summed E-state index contributed by atoms with van der Waals surface area (Å²) >= 11 is 0. The molecule has 0 aliphatic heterocycles. The van der Waals surface area contributed by atoms with E-state index in [0.29, 0.717) is 16.9 Å². The number of aromatic nitrogens is 2. The van der Waals surface area contributed by atoms with E-state index in [2.05, 4.69) is 30.7 Å². The number of carboxylic acid groups (broad SMARTS) is 1. The van der Waals surface area contributed by atoms with Gasteiger partial charge in [-0.2, -0.15) is 5.10 Å². The largest absolute Gasteiger partial charge is 0.478 e. The molecule has 0 saturated heterocycles. The molecule has 3 rings (SSSR count). The van der Waals surface area contributed by atoms with E-state index in [-0.39, 0.29) is 22.9 Å². The van der Waals surface area contributed by atoms with Gasteiger partial charge in [0.1, 0.15) is 0 Å². The summed E-state index contributed by atoms with van der Waals surface area (Å²) in [5, 5.41) is 21.2. The number of nitrogens with zero attached hydrogens (tertiary/aromatic N) is 4. The maximum absolute atomic E-state index is 11.5. The molecule has 0 atom stereocenters. The van der Waals surface area contributed by atoms with Gasteiger partial charge in [-0.15, -0.1) is 10.2 Å². The van der Waals surface area contributed by atoms with Crippen LogP contribution in [0.3, 0.4) is 0 Å². The summed E-state index contributed by atoms with van der Waals surface area (Å²) in [4.78, 5) is 29.0. The number of hydrogen-bond acceptors (Lipinski definition) is 6. The molecule has 0 bridgehead atoms. The van der Waals surface area contributed by atoms with Crippen molar-refractivity contribution in [2.45, 2.75) is 6.92 Å². The molecule has 3 aromatic rings. The van der Waals surface area contributed by atoms with E-state index >= 15 is 0 Å². The Labute approximate surface area is 159 Å². The molecule has 0 unspecified atom stereocenters. The predicted octanol–water partition coefficient (Wildman–Crippen LogP) is 3.33. The van der Waals surface area contributed by atoms with Crippen LogP contribution in [0.5, 0.6) is 0 Å². The van der Waals surface area contributed by atoms with E-state index in [4.69, 9.17) is 5.11 Å². The molecule has 0 fully saturated rings. The lowest BCUT2D eigenvalue weighted by Gasteiger charge is -2.04. The summed E-state index contributed by atoms with van der Waals surface area (Å²) < 4.78 is 0. The van der Waals surface area contributed by atoms with Crippen LogP contribution in [0.1, 0.15) is 21.6 Å². The lowest BCUT2D eigenvalue weighted by Crippen LogP contribution is -2.06. The molecule has 140 valence electrons. The molecule has 0 aliphatic carbocycles. The molecule has 0 amide bonds. The Hall–Kier alpha value is -4.14. The normalized spacial score (nSPS) is 11.5. The Balaban J connectivity index is 1.88. The van der Waals surface area contributed by atoms with Gasteiger partial charge in [0.2, 0.25) is 11.8 Å². The number of carboxylic acids is 1. The van der Waals surface area contributed by atoms with Crippen molar-refractivity contribution in [3.63, 3.8) is 0 Å². The second kappa shape index (κ2) is 8.49. The first-order valence-corrected chi connectivity index (χ1v) is 8.23. The lowest BCUT2D eigenvalue weighted by atomic mass is 10.2. The average Bonchev–Trinajstić information content (AvgIpc) is 2.68. The van der Waals surface area contributed by atoms with Gasteiger partial charge in [0.05, 0.1) is 11.3 Å². The minimum atomic E-state index is -1.01. The second-order valence-corrected chi connectivity index (χ2v) is 5.71. The molecular weight excluding hydrogens is 360 g/mol. The molecular formula is C19H16N6O3. The molecule has 9 heteroatoms. The number of aromatic carboxylic acids is 1. The number of azo groups is 1. The molecule has 0 radical (unpaired) electrons. The predicted molar refractivity (Wildman–Crippen MR) is 104 cm³/mol. The molecule has 1 heterocycles. The van der Waals surface area contributed by atoms with Crippen LogP contribution in [-0.2, 0) is 0 Å². The molecule has 28 heavy (non-hydrogen) atoms. The summed E-state index contributed by atoms with van der Waals surface area (Å²) in [5.74, 6) is -0.681. The number of rotatable bonds is 5. The number of hydrazone groups is 1. The number of H-pyrrole nitrogens is 1. The fourth-order valence-corrected chi connectivity index (χ4v) is 2.24. The quantitative estimate of drug-likeness (QED) is 0.272. The number of aromatic amines is 1. The van der Waals surface area contributed by atoms with E-state index in [1.165, 1.54) is 18.2 Å². The molecule has 2 aromatic carbocycles. The number of anilines is 1. The van der Waals surface area contributed by atoms with Crippen LogP contribution >= 0.6 is 0 Å². The Kier molecular flexibility index (Phi) is 5.66. The minimum Gasteiger partial charge on any atom is -0.478 e. The van der Waals surface area contributed by atoms with Crippen molar-refractivity contribution in [2.75, 3.05) is 5.43 Å². The van der Waals surface area contributed by atoms with E-state index in [9.17, 15) is 9.59 Å². The molecule has 9 nitrogen and oxygen atoms in total. The molecule has 1 aromatic heterocycles. The van der Waals surface area contributed by atoms with Gasteiger partial charge in [-0.3, -0.25) is 15.2 Å². The van der Waals surface area contributed by atoms with Gasteiger partial charge in [-0.25, -0.2) is 9.78 Å². The summed E-state index contributed by atoms with van der Waals surface area (Å²) in [7, 11) is 0. The third kappa shape index (κ3) is 4.94. The zero-order valence-electron chi connectivity index (χ0n) is 14.8. The van der Waals surface area contributed by atoms with Crippen molar-refractivity contribution < 1.29 is 9.90 Å². The van der Waals surface area contributed by atoms with Crippen LogP contribution in [-0.4, -0.2) is 26.9 Å². The Morgan fingerprint density at radius 2 is 1.79 bits per heavy atom. The SMILES string of the molecule is Cc1cc(=O)[nH]c(N=N/C(=N/Nc2ccc(C(=O)O)cc2)c2ccccc2)n1. The minimum absolute atomic E-state index is 0.0689. The molecule has 0 aliphatic rings. The summed E-state index contributed by atoms with van der Waals surface area (Å²) in [6, 6.07) is 16.6. The van der Waals surface area contributed by atoms with Crippen molar-refractivity contribution in [3.8, 4) is 0 Å². The highest BCUT2D eigenvalue weighted by molar-refractivity contribution is 5.99. The van der Waals surface area contributed by atoms with Gasteiger partial charge in [-0.1, -0.05) is 30.3 Å². The molecule has 3 N–H and O–H groups in total. The fraction of sp³-hybridized carbons (Fsp3) is 0.0526. The third-order valence-electron chi connectivity index (χ3n) is 3.55. The zero-order chi connectivity index (χ0) is 19.9. The average molecular weight is 376 g/mol. The van der Waals surface area contributed by atoms with Gasteiger partial charge >= 0.3 is 5.97 Å². The fourth-order valence-electron chi connectivity index (χ4n) is 2.24. The van der Waals surface area contributed by atoms with Gasteiger partial charge in [0.15, 0.2) is 0 Å². The summed E-state index contributed by atoms with van der Waals surface area (Å²) in [6.45, 7) is 1.68. The maximum atomic E-state index is 11.5. The lowest BCUT2D eigenvalue weighted by molar-refractivity contribution is 0.0697. The van der Waals surface area contributed by atoms with Crippen molar-refractivity contribution in [1.29, 1.82) is 0 Å². The number of benzene rings is 2. The maximum Gasteiger partial charge on any atom is 0.335 e.